The van der Waals surface area contributed by atoms with Crippen LogP contribution in [0.25, 0.3) is 0 Å². The number of aryl methyl sites for hydroxylation is 1. The van der Waals surface area contributed by atoms with Crippen LogP contribution in [0.1, 0.15) is 43.1 Å². The lowest BCUT2D eigenvalue weighted by atomic mass is 10.2. The van der Waals surface area contributed by atoms with Crippen LogP contribution in [-0.4, -0.2) is 26.2 Å². The highest BCUT2D eigenvalue weighted by molar-refractivity contribution is 5.89. The van der Waals surface area contributed by atoms with E-state index in [0.717, 1.165) is 24.1 Å². The minimum atomic E-state index is -0.259. The first kappa shape index (κ1) is 14.5. The monoisotopic (exact) mass is 300 g/mol. The van der Waals surface area contributed by atoms with Crippen molar-refractivity contribution in [3.05, 3.63) is 35.7 Å². The lowest BCUT2D eigenvalue weighted by Gasteiger charge is -2.12. The number of benzene rings is 1. The van der Waals surface area contributed by atoms with Crippen molar-refractivity contribution in [2.45, 2.75) is 45.2 Å². The first-order chi connectivity index (χ1) is 10.7. The number of hydrogen-bond donors (Lipinski definition) is 2. The van der Waals surface area contributed by atoms with Gasteiger partial charge in [0.15, 0.2) is 5.82 Å². The molecule has 0 unspecified atom stereocenters. The van der Waals surface area contributed by atoms with Crippen molar-refractivity contribution < 1.29 is 4.79 Å². The molecule has 7 heteroatoms. The first-order valence-electron chi connectivity index (χ1n) is 7.60. The zero-order valence-corrected chi connectivity index (χ0v) is 12.6. The van der Waals surface area contributed by atoms with Crippen LogP contribution in [0.15, 0.2) is 24.3 Å². The second kappa shape index (κ2) is 6.55. The van der Waals surface area contributed by atoms with Crippen LogP contribution in [0.3, 0.4) is 0 Å². The Labute approximate surface area is 129 Å². The Morgan fingerprint density at radius 3 is 2.73 bits per heavy atom. The Bertz CT molecular complexity index is 630. The number of tetrazole rings is 1. The summed E-state index contributed by atoms with van der Waals surface area (Å²) in [5, 5.41) is 17.4. The SMILES string of the molecule is Cc1ccc(NC(=O)NCc2nnnn2C2CCCC2)cc1. The fourth-order valence-electron chi connectivity index (χ4n) is 2.73. The lowest BCUT2D eigenvalue weighted by molar-refractivity contribution is 0.251. The standard InChI is InChI=1S/C15H20N6O/c1-11-6-8-12(9-7-11)17-15(22)16-10-14-18-19-20-21(14)13-4-2-3-5-13/h6-9,13H,2-5,10H2,1H3,(H2,16,17,22). The first-order valence-corrected chi connectivity index (χ1v) is 7.60. The van der Waals surface area contributed by atoms with Gasteiger partial charge in [0.1, 0.15) is 0 Å². The van der Waals surface area contributed by atoms with E-state index in [2.05, 4.69) is 26.2 Å². The summed E-state index contributed by atoms with van der Waals surface area (Å²) in [7, 11) is 0. The van der Waals surface area contributed by atoms with Gasteiger partial charge in [-0.15, -0.1) is 5.10 Å². The molecule has 0 radical (unpaired) electrons. The summed E-state index contributed by atoms with van der Waals surface area (Å²) in [6.45, 7) is 2.33. The number of urea groups is 1. The van der Waals surface area contributed by atoms with Crippen LogP contribution in [0.4, 0.5) is 10.5 Å². The van der Waals surface area contributed by atoms with Crippen molar-refractivity contribution in [1.82, 2.24) is 25.5 Å². The molecule has 2 N–H and O–H groups in total. The van der Waals surface area contributed by atoms with E-state index in [1.54, 1.807) is 0 Å². The molecule has 1 saturated carbocycles. The second-order valence-electron chi connectivity index (χ2n) is 5.65. The van der Waals surface area contributed by atoms with Crippen LogP contribution in [-0.2, 0) is 6.54 Å². The van der Waals surface area contributed by atoms with Crippen molar-refractivity contribution in [2.75, 3.05) is 5.32 Å². The van der Waals surface area contributed by atoms with Crippen molar-refractivity contribution in [3.63, 3.8) is 0 Å². The molecule has 0 bridgehead atoms. The maximum absolute atomic E-state index is 11.9. The number of aromatic nitrogens is 4. The topological polar surface area (TPSA) is 84.7 Å². The van der Waals surface area contributed by atoms with Gasteiger partial charge < -0.3 is 10.6 Å². The van der Waals surface area contributed by atoms with Crippen molar-refractivity contribution in [1.29, 1.82) is 0 Å². The van der Waals surface area contributed by atoms with Gasteiger partial charge in [0.2, 0.25) is 0 Å². The number of nitrogens with one attached hydrogen (secondary N) is 2. The molecular formula is C15H20N6O. The number of hydrogen-bond acceptors (Lipinski definition) is 4. The molecule has 116 valence electrons. The molecule has 1 aliphatic carbocycles. The van der Waals surface area contributed by atoms with Gasteiger partial charge >= 0.3 is 6.03 Å². The smallest absolute Gasteiger partial charge is 0.319 e. The molecule has 1 fully saturated rings. The van der Waals surface area contributed by atoms with Crippen LogP contribution in [0.2, 0.25) is 0 Å². The summed E-state index contributed by atoms with van der Waals surface area (Å²) < 4.78 is 1.85. The minimum absolute atomic E-state index is 0.259. The largest absolute Gasteiger partial charge is 0.331 e. The molecule has 22 heavy (non-hydrogen) atoms. The fourth-order valence-corrected chi connectivity index (χ4v) is 2.73. The van der Waals surface area contributed by atoms with Gasteiger partial charge in [-0.1, -0.05) is 30.5 Å². The van der Waals surface area contributed by atoms with E-state index in [1.807, 2.05) is 35.9 Å². The molecule has 1 aliphatic rings. The molecule has 0 aliphatic heterocycles. The Morgan fingerprint density at radius 2 is 2.00 bits per heavy atom. The number of anilines is 1. The molecule has 1 aromatic carbocycles. The summed E-state index contributed by atoms with van der Waals surface area (Å²) >= 11 is 0. The number of amides is 2. The maximum Gasteiger partial charge on any atom is 0.319 e. The van der Waals surface area contributed by atoms with Gasteiger partial charge in [0.05, 0.1) is 12.6 Å². The minimum Gasteiger partial charge on any atom is -0.331 e. The van der Waals surface area contributed by atoms with Crippen LogP contribution in [0.5, 0.6) is 0 Å². The normalized spacial score (nSPS) is 15.0. The van der Waals surface area contributed by atoms with E-state index < -0.39 is 0 Å². The molecule has 0 saturated heterocycles. The highest BCUT2D eigenvalue weighted by Crippen LogP contribution is 2.28. The zero-order valence-electron chi connectivity index (χ0n) is 12.6. The van der Waals surface area contributed by atoms with E-state index in [1.165, 1.54) is 12.8 Å². The van der Waals surface area contributed by atoms with E-state index in [-0.39, 0.29) is 6.03 Å². The Kier molecular flexibility index (Phi) is 4.32. The maximum atomic E-state index is 11.9. The van der Waals surface area contributed by atoms with Gasteiger partial charge in [-0.2, -0.15) is 0 Å². The van der Waals surface area contributed by atoms with E-state index in [0.29, 0.717) is 18.4 Å². The summed E-state index contributed by atoms with van der Waals surface area (Å²) in [5.41, 5.74) is 1.92. The average molecular weight is 300 g/mol. The lowest BCUT2D eigenvalue weighted by Crippen LogP contribution is -2.30. The number of rotatable bonds is 4. The Balaban J connectivity index is 1.55. The number of carbonyl (C=O) groups excluding carboxylic acids is 1. The Morgan fingerprint density at radius 1 is 1.27 bits per heavy atom. The van der Waals surface area contributed by atoms with E-state index in [4.69, 9.17) is 0 Å². The van der Waals surface area contributed by atoms with Gasteiger partial charge in [-0.25, -0.2) is 9.48 Å². The van der Waals surface area contributed by atoms with Gasteiger partial charge in [-0.05, 0) is 42.3 Å². The van der Waals surface area contributed by atoms with Crippen LogP contribution >= 0.6 is 0 Å². The molecule has 3 rings (SSSR count). The zero-order chi connectivity index (χ0) is 15.4. The molecule has 0 atom stereocenters. The molecule has 1 heterocycles. The number of nitrogens with zero attached hydrogens (tertiary/aromatic N) is 4. The summed E-state index contributed by atoms with van der Waals surface area (Å²) in [6.07, 6.45) is 4.64. The summed E-state index contributed by atoms with van der Waals surface area (Å²) in [6, 6.07) is 7.76. The second-order valence-corrected chi connectivity index (χ2v) is 5.65. The van der Waals surface area contributed by atoms with Crippen molar-refractivity contribution >= 4 is 11.7 Å². The van der Waals surface area contributed by atoms with E-state index in [9.17, 15) is 4.79 Å². The highest BCUT2D eigenvalue weighted by Gasteiger charge is 2.21. The Hall–Kier alpha value is -2.44. The van der Waals surface area contributed by atoms with Gasteiger partial charge in [0.25, 0.3) is 0 Å². The predicted octanol–water partition coefficient (Wildman–Crippen LogP) is 2.42. The predicted molar refractivity (Wildman–Crippen MR) is 82.4 cm³/mol. The number of carbonyl (C=O) groups is 1. The molecular weight excluding hydrogens is 280 g/mol. The molecule has 0 spiro atoms. The third-order valence-corrected chi connectivity index (χ3v) is 3.95. The summed E-state index contributed by atoms with van der Waals surface area (Å²) in [4.78, 5) is 11.9. The van der Waals surface area contributed by atoms with Crippen molar-refractivity contribution in [3.8, 4) is 0 Å². The summed E-state index contributed by atoms with van der Waals surface area (Å²) in [5.74, 6) is 0.700. The molecule has 2 aromatic rings. The molecule has 1 aromatic heterocycles. The fraction of sp³-hybridized carbons (Fsp3) is 0.467. The third kappa shape index (κ3) is 3.41. The van der Waals surface area contributed by atoms with Crippen LogP contribution in [0, 0.1) is 6.92 Å². The van der Waals surface area contributed by atoms with Crippen LogP contribution < -0.4 is 10.6 Å². The van der Waals surface area contributed by atoms with Crippen molar-refractivity contribution in [2.24, 2.45) is 0 Å². The molecule has 2 amide bonds. The average Bonchev–Trinajstić information content (AvgIpc) is 3.18. The van der Waals surface area contributed by atoms with E-state index >= 15 is 0 Å². The quantitative estimate of drug-likeness (QED) is 0.908. The third-order valence-electron chi connectivity index (χ3n) is 3.95. The highest BCUT2D eigenvalue weighted by atomic mass is 16.2. The van der Waals surface area contributed by atoms with Gasteiger partial charge in [0, 0.05) is 5.69 Å². The molecule has 7 nitrogen and oxygen atoms in total. The van der Waals surface area contributed by atoms with Gasteiger partial charge in [-0.3, -0.25) is 0 Å².